The molecule has 0 bridgehead atoms. The average Bonchev–Trinajstić information content (AvgIpc) is 2.44. The highest BCUT2D eigenvalue weighted by atomic mass is 79.9. The van der Waals surface area contributed by atoms with Crippen molar-refractivity contribution in [2.45, 2.75) is 32.9 Å². The molecule has 1 aromatic rings. The summed E-state index contributed by atoms with van der Waals surface area (Å²) in [7, 11) is 0. The van der Waals surface area contributed by atoms with Crippen molar-refractivity contribution in [3.63, 3.8) is 0 Å². The molecule has 1 heterocycles. The second kappa shape index (κ2) is 6.39. The lowest BCUT2D eigenvalue weighted by molar-refractivity contribution is -0.148. The molecular weight excluding hydrogens is 320 g/mol. The highest BCUT2D eigenvalue weighted by molar-refractivity contribution is 9.10. The number of nitrogens with one attached hydrogen (secondary N) is 1. The zero-order chi connectivity index (χ0) is 14.7. The van der Waals surface area contributed by atoms with Gasteiger partial charge in [0.25, 0.3) is 0 Å². The fourth-order valence-corrected chi connectivity index (χ4v) is 2.69. The zero-order valence-corrected chi connectivity index (χ0v) is 13.3. The van der Waals surface area contributed by atoms with Crippen LogP contribution < -0.4 is 5.32 Å². The van der Waals surface area contributed by atoms with Crippen LogP contribution in [-0.4, -0.2) is 29.3 Å². The normalized spacial score (nSPS) is 20.8. The quantitative estimate of drug-likeness (QED) is 0.915. The molecule has 2 atom stereocenters. The maximum atomic E-state index is 12.1. The first kappa shape index (κ1) is 15.0. The lowest BCUT2D eigenvalue weighted by Crippen LogP contribution is -2.60. The number of amides is 2. The Morgan fingerprint density at radius 2 is 2.00 bits per heavy atom. The molecule has 2 unspecified atom stereocenters. The van der Waals surface area contributed by atoms with Crippen molar-refractivity contribution in [1.82, 2.24) is 10.2 Å². The number of hydrogen-bond donors (Lipinski definition) is 1. The van der Waals surface area contributed by atoms with Gasteiger partial charge in [-0.1, -0.05) is 48.3 Å². The third-order valence-corrected chi connectivity index (χ3v) is 4.32. The maximum absolute atomic E-state index is 12.1. The molecule has 0 aromatic heterocycles. The van der Waals surface area contributed by atoms with E-state index in [0.717, 1.165) is 16.5 Å². The number of piperazine rings is 1. The van der Waals surface area contributed by atoms with E-state index >= 15 is 0 Å². The second-order valence-corrected chi connectivity index (χ2v) is 6.11. The zero-order valence-electron chi connectivity index (χ0n) is 11.7. The monoisotopic (exact) mass is 338 g/mol. The number of benzene rings is 1. The van der Waals surface area contributed by atoms with Gasteiger partial charge in [0, 0.05) is 11.0 Å². The Labute approximate surface area is 127 Å². The summed E-state index contributed by atoms with van der Waals surface area (Å²) < 4.78 is 1.00. The average molecular weight is 339 g/mol. The molecule has 108 valence electrons. The van der Waals surface area contributed by atoms with Crippen molar-refractivity contribution in [2.24, 2.45) is 5.92 Å². The van der Waals surface area contributed by atoms with Crippen molar-refractivity contribution in [2.75, 3.05) is 6.54 Å². The van der Waals surface area contributed by atoms with E-state index < -0.39 is 0 Å². The van der Waals surface area contributed by atoms with Crippen molar-refractivity contribution >= 4 is 27.7 Å². The second-order valence-electron chi connectivity index (χ2n) is 5.20. The standard InChI is InChI=1S/C15H19BrN2O2/c1-3-10(2)14-15(20)17-8-13(19)18(14)9-11-4-6-12(16)7-5-11/h4-7,10,14H,3,8-9H2,1-2H3,(H,17,20). The van der Waals surface area contributed by atoms with Gasteiger partial charge in [-0.15, -0.1) is 0 Å². The van der Waals surface area contributed by atoms with Gasteiger partial charge in [-0.3, -0.25) is 9.59 Å². The number of rotatable bonds is 4. The topological polar surface area (TPSA) is 49.4 Å². The summed E-state index contributed by atoms with van der Waals surface area (Å²) >= 11 is 3.39. The van der Waals surface area contributed by atoms with Gasteiger partial charge in [0.15, 0.2) is 0 Å². The lowest BCUT2D eigenvalue weighted by Gasteiger charge is -2.38. The van der Waals surface area contributed by atoms with Gasteiger partial charge in [-0.25, -0.2) is 0 Å². The number of halogens is 1. The Bertz CT molecular complexity index is 501. The summed E-state index contributed by atoms with van der Waals surface area (Å²) in [6, 6.07) is 7.46. The molecule has 0 radical (unpaired) electrons. The molecule has 1 aliphatic rings. The van der Waals surface area contributed by atoms with Crippen molar-refractivity contribution in [3.8, 4) is 0 Å². The molecule has 0 aliphatic carbocycles. The third kappa shape index (κ3) is 3.20. The lowest BCUT2D eigenvalue weighted by atomic mass is 9.94. The van der Waals surface area contributed by atoms with Crippen LogP contribution in [0.5, 0.6) is 0 Å². The van der Waals surface area contributed by atoms with Gasteiger partial charge >= 0.3 is 0 Å². The molecule has 1 aliphatic heterocycles. The molecule has 1 aromatic carbocycles. The Morgan fingerprint density at radius 3 is 2.60 bits per heavy atom. The van der Waals surface area contributed by atoms with Crippen LogP contribution in [0.4, 0.5) is 0 Å². The van der Waals surface area contributed by atoms with Crippen molar-refractivity contribution in [3.05, 3.63) is 34.3 Å². The molecule has 5 heteroatoms. The molecule has 20 heavy (non-hydrogen) atoms. The van der Waals surface area contributed by atoms with Crippen molar-refractivity contribution < 1.29 is 9.59 Å². The van der Waals surface area contributed by atoms with Crippen molar-refractivity contribution in [1.29, 1.82) is 0 Å². The summed E-state index contributed by atoms with van der Waals surface area (Å²) in [5.41, 5.74) is 1.03. The molecule has 2 rings (SSSR count). The van der Waals surface area contributed by atoms with Gasteiger partial charge in [0.1, 0.15) is 6.04 Å². The van der Waals surface area contributed by atoms with Crippen LogP contribution in [0.1, 0.15) is 25.8 Å². The fraction of sp³-hybridized carbons (Fsp3) is 0.467. The van der Waals surface area contributed by atoms with Crippen LogP contribution >= 0.6 is 15.9 Å². The molecule has 0 spiro atoms. The molecule has 0 saturated carbocycles. The molecule has 1 saturated heterocycles. The minimum Gasteiger partial charge on any atom is -0.345 e. The van der Waals surface area contributed by atoms with E-state index in [1.165, 1.54) is 0 Å². The van der Waals surface area contributed by atoms with Gasteiger partial charge in [-0.2, -0.15) is 0 Å². The summed E-state index contributed by atoms with van der Waals surface area (Å²) in [5.74, 6) is 0.0866. The molecule has 1 fully saturated rings. The number of carbonyl (C=O) groups is 2. The summed E-state index contributed by atoms with van der Waals surface area (Å²) in [6.45, 7) is 4.63. The van der Waals surface area contributed by atoms with Crippen LogP contribution in [-0.2, 0) is 16.1 Å². The van der Waals surface area contributed by atoms with Crippen LogP contribution in [0.25, 0.3) is 0 Å². The number of hydrogen-bond acceptors (Lipinski definition) is 2. The van der Waals surface area contributed by atoms with Crippen LogP contribution in [0.2, 0.25) is 0 Å². The summed E-state index contributed by atoms with van der Waals surface area (Å²) in [5, 5.41) is 2.68. The van der Waals surface area contributed by atoms with E-state index in [1.54, 1.807) is 4.90 Å². The minimum absolute atomic E-state index is 0.0159. The third-order valence-electron chi connectivity index (χ3n) is 3.79. The Morgan fingerprint density at radius 1 is 1.35 bits per heavy atom. The van der Waals surface area contributed by atoms with Crippen LogP contribution in [0, 0.1) is 5.92 Å². The van der Waals surface area contributed by atoms with Crippen LogP contribution in [0.3, 0.4) is 0 Å². The molecular formula is C15H19BrN2O2. The van der Waals surface area contributed by atoms with Gasteiger partial charge in [0.05, 0.1) is 6.54 Å². The Hall–Kier alpha value is -1.36. The van der Waals surface area contributed by atoms with E-state index in [-0.39, 0.29) is 30.3 Å². The number of carbonyl (C=O) groups excluding carboxylic acids is 2. The molecule has 1 N–H and O–H groups in total. The highest BCUT2D eigenvalue weighted by Gasteiger charge is 2.37. The predicted octanol–water partition coefficient (Wildman–Crippen LogP) is 2.32. The van der Waals surface area contributed by atoms with Gasteiger partial charge < -0.3 is 10.2 Å². The molecule has 2 amide bonds. The number of nitrogens with zero attached hydrogens (tertiary/aromatic N) is 1. The molecule has 4 nitrogen and oxygen atoms in total. The largest absolute Gasteiger partial charge is 0.345 e. The smallest absolute Gasteiger partial charge is 0.243 e. The van der Waals surface area contributed by atoms with E-state index in [4.69, 9.17) is 0 Å². The predicted molar refractivity (Wildman–Crippen MR) is 80.9 cm³/mol. The maximum Gasteiger partial charge on any atom is 0.243 e. The van der Waals surface area contributed by atoms with E-state index in [1.807, 2.05) is 38.1 Å². The SMILES string of the molecule is CCC(C)C1C(=O)NCC(=O)N1Cc1ccc(Br)cc1. The summed E-state index contributed by atoms with van der Waals surface area (Å²) in [4.78, 5) is 25.9. The first-order chi connectivity index (χ1) is 9.52. The Kier molecular flexibility index (Phi) is 4.81. The van der Waals surface area contributed by atoms with E-state index in [2.05, 4.69) is 21.2 Å². The summed E-state index contributed by atoms with van der Waals surface area (Å²) in [6.07, 6.45) is 0.863. The first-order valence-electron chi connectivity index (χ1n) is 6.84. The minimum atomic E-state index is -0.370. The van der Waals surface area contributed by atoms with Gasteiger partial charge in [0.2, 0.25) is 11.8 Å². The van der Waals surface area contributed by atoms with Gasteiger partial charge in [-0.05, 0) is 23.6 Å². The first-order valence-corrected chi connectivity index (χ1v) is 7.64. The van der Waals surface area contributed by atoms with E-state index in [0.29, 0.717) is 6.54 Å². The van der Waals surface area contributed by atoms with E-state index in [9.17, 15) is 9.59 Å². The highest BCUT2D eigenvalue weighted by Crippen LogP contribution is 2.21. The van der Waals surface area contributed by atoms with Crippen LogP contribution in [0.15, 0.2) is 28.7 Å². The Balaban J connectivity index is 2.22. The fourth-order valence-electron chi connectivity index (χ4n) is 2.43.